The molecule has 1 saturated heterocycles. The van der Waals surface area contributed by atoms with Crippen molar-refractivity contribution >= 4 is 5.97 Å². The van der Waals surface area contributed by atoms with Crippen LogP contribution in [0.4, 0.5) is 0 Å². The van der Waals surface area contributed by atoms with Gasteiger partial charge >= 0.3 is 5.97 Å². The molecule has 0 aromatic rings. The fraction of sp³-hybridized carbons (Fsp3) is 0.923. The number of carboxylic acids is 1. The minimum atomic E-state index is -0.643. The second kappa shape index (κ2) is 5.67. The maximum Gasteiger partial charge on any atom is 0.303 e. The summed E-state index contributed by atoms with van der Waals surface area (Å²) >= 11 is 0. The van der Waals surface area contributed by atoms with Gasteiger partial charge in [0, 0.05) is 6.42 Å². The van der Waals surface area contributed by atoms with Crippen molar-refractivity contribution < 1.29 is 9.90 Å². The van der Waals surface area contributed by atoms with Gasteiger partial charge in [-0.3, -0.25) is 4.79 Å². The van der Waals surface area contributed by atoms with Crippen LogP contribution in [-0.4, -0.2) is 24.2 Å². The molecular formula is C13H23NO2. The zero-order chi connectivity index (χ0) is 11.4. The third-order valence-electron chi connectivity index (χ3n) is 4.26. The minimum Gasteiger partial charge on any atom is -0.481 e. The van der Waals surface area contributed by atoms with Gasteiger partial charge in [-0.05, 0) is 37.3 Å². The number of aliphatic carboxylic acids is 1. The Bertz CT molecular complexity index is 236. The molecule has 2 rings (SSSR count). The Kier molecular flexibility index (Phi) is 4.22. The molecule has 0 bridgehead atoms. The van der Waals surface area contributed by atoms with E-state index in [-0.39, 0.29) is 0 Å². The summed E-state index contributed by atoms with van der Waals surface area (Å²) in [6.45, 7) is 2.01. The Balaban J connectivity index is 1.83. The summed E-state index contributed by atoms with van der Waals surface area (Å²) in [7, 11) is 0. The van der Waals surface area contributed by atoms with E-state index in [1.807, 2.05) is 0 Å². The van der Waals surface area contributed by atoms with Crippen LogP contribution < -0.4 is 5.32 Å². The highest BCUT2D eigenvalue weighted by atomic mass is 16.4. The maximum absolute atomic E-state index is 10.7. The zero-order valence-electron chi connectivity index (χ0n) is 9.95. The van der Waals surface area contributed by atoms with Gasteiger partial charge in [-0.1, -0.05) is 32.1 Å². The number of hydrogen-bond donors (Lipinski definition) is 2. The molecule has 3 heteroatoms. The van der Waals surface area contributed by atoms with E-state index in [9.17, 15) is 4.79 Å². The molecular weight excluding hydrogens is 202 g/mol. The molecule has 0 unspecified atom stereocenters. The van der Waals surface area contributed by atoms with Gasteiger partial charge in [0.1, 0.15) is 0 Å². The van der Waals surface area contributed by atoms with Crippen molar-refractivity contribution in [1.82, 2.24) is 5.32 Å². The first kappa shape index (κ1) is 11.9. The van der Waals surface area contributed by atoms with Gasteiger partial charge in [0.25, 0.3) is 0 Å². The Morgan fingerprint density at radius 3 is 2.56 bits per heavy atom. The smallest absolute Gasteiger partial charge is 0.303 e. The molecule has 2 N–H and O–H groups in total. The number of piperidine rings is 1. The molecule has 2 atom stereocenters. The lowest BCUT2D eigenvalue weighted by Gasteiger charge is -2.36. The van der Waals surface area contributed by atoms with Crippen LogP contribution in [0.15, 0.2) is 0 Å². The van der Waals surface area contributed by atoms with Crippen LogP contribution in [0.2, 0.25) is 0 Å². The van der Waals surface area contributed by atoms with Gasteiger partial charge in [0.2, 0.25) is 0 Å². The van der Waals surface area contributed by atoms with E-state index < -0.39 is 5.97 Å². The number of hydrogen-bond acceptors (Lipinski definition) is 2. The van der Waals surface area contributed by atoms with E-state index in [0.717, 1.165) is 31.3 Å². The maximum atomic E-state index is 10.7. The van der Waals surface area contributed by atoms with Crippen LogP contribution in [-0.2, 0) is 4.79 Å². The SMILES string of the molecule is O=C(O)C[C@@H]1CNC[C@H](C2CCCCC2)C1. The lowest BCUT2D eigenvalue weighted by atomic mass is 9.74. The van der Waals surface area contributed by atoms with Crippen molar-refractivity contribution in [1.29, 1.82) is 0 Å². The molecule has 92 valence electrons. The second-order valence-electron chi connectivity index (χ2n) is 5.52. The topological polar surface area (TPSA) is 49.3 Å². The van der Waals surface area contributed by atoms with Gasteiger partial charge in [-0.15, -0.1) is 0 Å². The molecule has 3 nitrogen and oxygen atoms in total. The molecule has 1 aliphatic carbocycles. The van der Waals surface area contributed by atoms with E-state index in [2.05, 4.69) is 5.32 Å². The fourth-order valence-electron chi connectivity index (χ4n) is 3.43. The van der Waals surface area contributed by atoms with Crippen LogP contribution in [0.5, 0.6) is 0 Å². The van der Waals surface area contributed by atoms with Crippen molar-refractivity contribution in [2.24, 2.45) is 17.8 Å². The average molecular weight is 225 g/mol. The fourth-order valence-corrected chi connectivity index (χ4v) is 3.43. The minimum absolute atomic E-state index is 0.343. The van der Waals surface area contributed by atoms with Crippen molar-refractivity contribution in [3.63, 3.8) is 0 Å². The monoisotopic (exact) mass is 225 g/mol. The van der Waals surface area contributed by atoms with Gasteiger partial charge in [-0.25, -0.2) is 0 Å². The summed E-state index contributed by atoms with van der Waals surface area (Å²) in [4.78, 5) is 10.7. The lowest BCUT2D eigenvalue weighted by Crippen LogP contribution is -2.40. The van der Waals surface area contributed by atoms with Crippen LogP contribution in [0.3, 0.4) is 0 Å². The second-order valence-corrected chi connectivity index (χ2v) is 5.52. The zero-order valence-corrected chi connectivity index (χ0v) is 9.95. The van der Waals surface area contributed by atoms with Gasteiger partial charge in [0.15, 0.2) is 0 Å². The summed E-state index contributed by atoms with van der Waals surface area (Å²) in [5, 5.41) is 12.3. The Labute approximate surface area is 97.6 Å². The summed E-state index contributed by atoms with van der Waals surface area (Å²) < 4.78 is 0. The number of rotatable bonds is 3. The molecule has 1 aliphatic heterocycles. The Hall–Kier alpha value is -0.570. The van der Waals surface area contributed by atoms with Crippen LogP contribution in [0.1, 0.15) is 44.9 Å². The van der Waals surface area contributed by atoms with E-state index >= 15 is 0 Å². The van der Waals surface area contributed by atoms with E-state index in [1.54, 1.807) is 0 Å². The normalized spacial score (nSPS) is 32.5. The summed E-state index contributed by atoms with van der Waals surface area (Å²) in [5.74, 6) is 1.31. The third-order valence-corrected chi connectivity index (χ3v) is 4.26. The molecule has 0 aromatic carbocycles. The third kappa shape index (κ3) is 3.21. The van der Waals surface area contributed by atoms with Crippen molar-refractivity contribution in [2.75, 3.05) is 13.1 Å². The average Bonchev–Trinajstić information content (AvgIpc) is 2.30. The lowest BCUT2D eigenvalue weighted by molar-refractivity contribution is -0.138. The highest BCUT2D eigenvalue weighted by Crippen LogP contribution is 2.35. The Morgan fingerprint density at radius 2 is 1.88 bits per heavy atom. The van der Waals surface area contributed by atoms with Crippen LogP contribution >= 0.6 is 0 Å². The highest BCUT2D eigenvalue weighted by Gasteiger charge is 2.29. The van der Waals surface area contributed by atoms with E-state index in [4.69, 9.17) is 5.11 Å². The molecule has 1 heterocycles. The molecule has 2 fully saturated rings. The molecule has 16 heavy (non-hydrogen) atoms. The quantitative estimate of drug-likeness (QED) is 0.774. The first-order valence-electron chi connectivity index (χ1n) is 6.68. The van der Waals surface area contributed by atoms with Crippen molar-refractivity contribution in [3.8, 4) is 0 Å². The number of carbonyl (C=O) groups is 1. The van der Waals surface area contributed by atoms with Gasteiger partial charge in [0.05, 0.1) is 0 Å². The van der Waals surface area contributed by atoms with Crippen LogP contribution in [0, 0.1) is 17.8 Å². The van der Waals surface area contributed by atoms with E-state index in [1.165, 1.54) is 32.1 Å². The molecule has 0 amide bonds. The van der Waals surface area contributed by atoms with Crippen molar-refractivity contribution in [2.45, 2.75) is 44.9 Å². The van der Waals surface area contributed by atoms with Crippen molar-refractivity contribution in [3.05, 3.63) is 0 Å². The molecule has 0 spiro atoms. The molecule has 1 saturated carbocycles. The predicted octanol–water partition coefficient (Wildman–Crippen LogP) is 2.27. The molecule has 2 aliphatic rings. The van der Waals surface area contributed by atoms with E-state index in [0.29, 0.717) is 12.3 Å². The Morgan fingerprint density at radius 1 is 1.12 bits per heavy atom. The summed E-state index contributed by atoms with van der Waals surface area (Å²) in [6.07, 6.45) is 8.36. The van der Waals surface area contributed by atoms with Crippen LogP contribution in [0.25, 0.3) is 0 Å². The summed E-state index contributed by atoms with van der Waals surface area (Å²) in [5.41, 5.74) is 0. The van der Waals surface area contributed by atoms with Gasteiger partial charge < -0.3 is 10.4 Å². The number of carboxylic acid groups (broad SMARTS) is 1. The molecule has 0 radical (unpaired) electrons. The standard InChI is InChI=1S/C13H23NO2/c15-13(16)7-10-6-12(9-14-8-10)11-4-2-1-3-5-11/h10-12,14H,1-9H2,(H,15,16)/t10-,12-/m1/s1. The molecule has 0 aromatic heterocycles. The largest absolute Gasteiger partial charge is 0.481 e. The predicted molar refractivity (Wildman–Crippen MR) is 63.3 cm³/mol. The first-order chi connectivity index (χ1) is 7.75. The summed E-state index contributed by atoms with van der Waals surface area (Å²) in [6, 6.07) is 0. The number of nitrogens with one attached hydrogen (secondary N) is 1. The highest BCUT2D eigenvalue weighted by molar-refractivity contribution is 5.67. The first-order valence-corrected chi connectivity index (χ1v) is 6.68. The van der Waals surface area contributed by atoms with Gasteiger partial charge in [-0.2, -0.15) is 0 Å².